The van der Waals surface area contributed by atoms with Crippen molar-refractivity contribution >= 4 is 17.6 Å². The van der Waals surface area contributed by atoms with E-state index in [1.54, 1.807) is 31.2 Å². The highest BCUT2D eigenvalue weighted by Gasteiger charge is 2.13. The van der Waals surface area contributed by atoms with Crippen molar-refractivity contribution in [2.45, 2.75) is 13.3 Å². The molecular formula is C16H14FNO3. The summed E-state index contributed by atoms with van der Waals surface area (Å²) in [4.78, 5) is 23.1. The number of rotatable bonds is 4. The summed E-state index contributed by atoms with van der Waals surface area (Å²) in [7, 11) is 0. The molecule has 0 unspecified atom stereocenters. The summed E-state index contributed by atoms with van der Waals surface area (Å²) in [6.45, 7) is 1.75. The summed E-state index contributed by atoms with van der Waals surface area (Å²) < 4.78 is 13.2. The average molecular weight is 287 g/mol. The van der Waals surface area contributed by atoms with Crippen LogP contribution in [-0.2, 0) is 11.2 Å². The van der Waals surface area contributed by atoms with Gasteiger partial charge in [-0.3, -0.25) is 4.79 Å². The molecule has 1 amide bonds. The summed E-state index contributed by atoms with van der Waals surface area (Å²) in [5, 5.41) is 11.7. The third-order valence-corrected chi connectivity index (χ3v) is 3.07. The first-order chi connectivity index (χ1) is 9.97. The quantitative estimate of drug-likeness (QED) is 0.908. The first kappa shape index (κ1) is 14.7. The summed E-state index contributed by atoms with van der Waals surface area (Å²) >= 11 is 0. The Bertz CT molecular complexity index is 698. The van der Waals surface area contributed by atoms with Gasteiger partial charge in [-0.2, -0.15) is 0 Å². The SMILES string of the molecule is Cc1ccc(F)cc1NC(=O)Cc1ccccc1C(=O)O. The van der Waals surface area contributed by atoms with Crippen molar-refractivity contribution in [1.29, 1.82) is 0 Å². The van der Waals surface area contributed by atoms with E-state index in [0.717, 1.165) is 5.56 Å². The lowest BCUT2D eigenvalue weighted by molar-refractivity contribution is -0.115. The molecule has 0 spiro atoms. The van der Waals surface area contributed by atoms with Crippen LogP contribution in [0.5, 0.6) is 0 Å². The first-order valence-corrected chi connectivity index (χ1v) is 6.34. The van der Waals surface area contributed by atoms with Crippen molar-refractivity contribution in [3.8, 4) is 0 Å². The zero-order chi connectivity index (χ0) is 15.4. The maximum absolute atomic E-state index is 13.2. The highest BCUT2D eigenvalue weighted by molar-refractivity contribution is 5.96. The molecule has 0 fully saturated rings. The van der Waals surface area contributed by atoms with Gasteiger partial charge in [-0.15, -0.1) is 0 Å². The number of carbonyl (C=O) groups is 2. The first-order valence-electron chi connectivity index (χ1n) is 6.34. The molecule has 2 rings (SSSR count). The van der Waals surface area contributed by atoms with Crippen molar-refractivity contribution in [3.63, 3.8) is 0 Å². The molecule has 2 aromatic rings. The maximum Gasteiger partial charge on any atom is 0.335 e. The zero-order valence-electron chi connectivity index (χ0n) is 11.4. The minimum absolute atomic E-state index is 0.0849. The van der Waals surface area contributed by atoms with Crippen LogP contribution in [0.1, 0.15) is 21.5 Å². The van der Waals surface area contributed by atoms with Gasteiger partial charge in [0, 0.05) is 5.69 Å². The lowest BCUT2D eigenvalue weighted by atomic mass is 10.0. The maximum atomic E-state index is 13.2. The molecule has 0 aliphatic heterocycles. The molecule has 0 heterocycles. The second kappa shape index (κ2) is 6.17. The van der Waals surface area contributed by atoms with E-state index >= 15 is 0 Å². The zero-order valence-corrected chi connectivity index (χ0v) is 11.4. The number of aromatic carboxylic acids is 1. The Morgan fingerprint density at radius 2 is 1.90 bits per heavy atom. The van der Waals surface area contributed by atoms with Crippen LogP contribution in [0.2, 0.25) is 0 Å². The molecule has 0 aromatic heterocycles. The van der Waals surface area contributed by atoms with Crippen LogP contribution in [0.15, 0.2) is 42.5 Å². The molecule has 2 N–H and O–H groups in total. The molecule has 0 bridgehead atoms. The van der Waals surface area contributed by atoms with Crippen LogP contribution < -0.4 is 5.32 Å². The molecule has 0 aliphatic carbocycles. The fourth-order valence-electron chi connectivity index (χ4n) is 1.98. The molecule has 0 radical (unpaired) electrons. The number of halogens is 1. The van der Waals surface area contributed by atoms with Crippen molar-refractivity contribution in [1.82, 2.24) is 0 Å². The number of benzene rings is 2. The van der Waals surface area contributed by atoms with Crippen LogP contribution in [0.25, 0.3) is 0 Å². The highest BCUT2D eigenvalue weighted by atomic mass is 19.1. The Kier molecular flexibility index (Phi) is 4.33. The number of nitrogens with one attached hydrogen (secondary N) is 1. The fraction of sp³-hybridized carbons (Fsp3) is 0.125. The standard InChI is InChI=1S/C16H14FNO3/c1-10-6-7-12(17)9-14(10)18-15(19)8-11-4-2-3-5-13(11)16(20)21/h2-7,9H,8H2,1H3,(H,18,19)(H,20,21). The van der Waals surface area contributed by atoms with Gasteiger partial charge in [0.15, 0.2) is 0 Å². The third-order valence-electron chi connectivity index (χ3n) is 3.07. The number of amides is 1. The van der Waals surface area contributed by atoms with Gasteiger partial charge in [0.05, 0.1) is 12.0 Å². The van der Waals surface area contributed by atoms with Gasteiger partial charge in [0.25, 0.3) is 0 Å². The number of carboxylic acids is 1. The lowest BCUT2D eigenvalue weighted by Gasteiger charge is -2.09. The van der Waals surface area contributed by atoms with Gasteiger partial charge in [0.2, 0.25) is 5.91 Å². The van der Waals surface area contributed by atoms with E-state index in [0.29, 0.717) is 11.3 Å². The topological polar surface area (TPSA) is 66.4 Å². The molecule has 0 saturated carbocycles. The van der Waals surface area contributed by atoms with E-state index in [1.807, 2.05) is 0 Å². The Morgan fingerprint density at radius 3 is 2.62 bits per heavy atom. The molecule has 2 aromatic carbocycles. The second-order valence-electron chi connectivity index (χ2n) is 4.65. The summed E-state index contributed by atoms with van der Waals surface area (Å²) in [6, 6.07) is 10.4. The third kappa shape index (κ3) is 3.66. The highest BCUT2D eigenvalue weighted by Crippen LogP contribution is 2.17. The fourth-order valence-corrected chi connectivity index (χ4v) is 1.98. The van der Waals surface area contributed by atoms with Crippen LogP contribution in [-0.4, -0.2) is 17.0 Å². The van der Waals surface area contributed by atoms with Crippen molar-refractivity contribution in [2.24, 2.45) is 0 Å². The Hall–Kier alpha value is -2.69. The number of hydrogen-bond acceptors (Lipinski definition) is 2. The smallest absolute Gasteiger partial charge is 0.335 e. The molecular weight excluding hydrogens is 273 g/mol. The van der Waals surface area contributed by atoms with Crippen molar-refractivity contribution in [3.05, 3.63) is 65.0 Å². The van der Waals surface area contributed by atoms with Gasteiger partial charge in [0.1, 0.15) is 5.82 Å². The van der Waals surface area contributed by atoms with Gasteiger partial charge >= 0.3 is 5.97 Å². The number of anilines is 1. The predicted octanol–water partition coefficient (Wildman–Crippen LogP) is 3.01. The van der Waals surface area contributed by atoms with Crippen LogP contribution in [0.4, 0.5) is 10.1 Å². The Balaban J connectivity index is 2.16. The molecule has 0 atom stereocenters. The minimum atomic E-state index is -1.08. The summed E-state index contributed by atoms with van der Waals surface area (Å²) in [6.07, 6.45) is -0.0849. The summed E-state index contributed by atoms with van der Waals surface area (Å²) in [5.41, 5.74) is 1.62. The van der Waals surface area contributed by atoms with Crippen molar-refractivity contribution in [2.75, 3.05) is 5.32 Å². The van der Waals surface area contributed by atoms with Crippen molar-refractivity contribution < 1.29 is 19.1 Å². The number of carboxylic acid groups (broad SMARTS) is 1. The van der Waals surface area contributed by atoms with Crippen LogP contribution in [0, 0.1) is 12.7 Å². The molecule has 0 aliphatic rings. The largest absolute Gasteiger partial charge is 0.478 e. The van der Waals surface area contributed by atoms with E-state index in [9.17, 15) is 14.0 Å². The number of carbonyl (C=O) groups excluding carboxylic acids is 1. The average Bonchev–Trinajstić information content (AvgIpc) is 2.43. The van der Waals surface area contributed by atoms with E-state index in [4.69, 9.17) is 5.11 Å². The Labute approximate surface area is 121 Å². The van der Waals surface area contributed by atoms with Crippen LogP contribution >= 0.6 is 0 Å². The van der Waals surface area contributed by atoms with Gasteiger partial charge < -0.3 is 10.4 Å². The molecule has 5 heteroatoms. The number of aryl methyl sites for hydroxylation is 1. The Morgan fingerprint density at radius 1 is 1.19 bits per heavy atom. The lowest BCUT2D eigenvalue weighted by Crippen LogP contribution is -2.17. The second-order valence-corrected chi connectivity index (χ2v) is 4.65. The minimum Gasteiger partial charge on any atom is -0.478 e. The molecule has 4 nitrogen and oxygen atoms in total. The predicted molar refractivity (Wildman–Crippen MR) is 76.9 cm³/mol. The van der Waals surface area contributed by atoms with Gasteiger partial charge in [-0.1, -0.05) is 24.3 Å². The number of hydrogen-bond donors (Lipinski definition) is 2. The summed E-state index contributed by atoms with van der Waals surface area (Å²) in [5.74, 6) is -1.92. The molecule has 0 saturated heterocycles. The van der Waals surface area contributed by atoms with E-state index in [2.05, 4.69) is 5.32 Å². The normalized spacial score (nSPS) is 10.2. The monoisotopic (exact) mass is 287 g/mol. The van der Waals surface area contributed by atoms with E-state index < -0.39 is 17.7 Å². The van der Waals surface area contributed by atoms with Gasteiger partial charge in [-0.05, 0) is 36.2 Å². The van der Waals surface area contributed by atoms with E-state index in [1.165, 1.54) is 18.2 Å². The van der Waals surface area contributed by atoms with E-state index in [-0.39, 0.29) is 12.0 Å². The van der Waals surface area contributed by atoms with Crippen LogP contribution in [0.3, 0.4) is 0 Å². The van der Waals surface area contributed by atoms with Gasteiger partial charge in [-0.25, -0.2) is 9.18 Å². The molecule has 108 valence electrons. The molecule has 21 heavy (non-hydrogen) atoms.